The first kappa shape index (κ1) is 28.9. The Morgan fingerprint density at radius 1 is 1.22 bits per heavy atom. The van der Waals surface area contributed by atoms with Crippen molar-refractivity contribution < 1.29 is 47.0 Å². The van der Waals surface area contributed by atoms with Gasteiger partial charge in [0.05, 0.1) is 19.4 Å². The van der Waals surface area contributed by atoms with E-state index in [-0.39, 0.29) is 43.3 Å². The second-order valence-electron chi connectivity index (χ2n) is 4.36. The van der Waals surface area contributed by atoms with Crippen LogP contribution in [0, 0.1) is 11.3 Å². The average Bonchev–Trinajstić information content (AvgIpc) is 2.57. The van der Waals surface area contributed by atoms with Crippen LogP contribution in [0.4, 0.5) is 5.69 Å². The zero-order valence-corrected chi connectivity index (χ0v) is 16.5. The molecule has 146 valence electrons. The number of hydrogen-bond donors (Lipinski definition) is 1. The van der Waals surface area contributed by atoms with Crippen molar-refractivity contribution >= 4 is 17.8 Å². The first-order valence-electron chi connectivity index (χ1n) is 6.82. The molecule has 0 saturated carbocycles. The molecule has 0 aromatic heterocycles. The fraction of sp³-hybridized carbons (Fsp3) is 0.118. The Morgan fingerprint density at radius 2 is 1.81 bits per heavy atom. The van der Waals surface area contributed by atoms with Crippen LogP contribution in [0.25, 0.3) is 0 Å². The number of anilines is 1. The normalized spacial score (nSPS) is 9.44. The third kappa shape index (κ3) is 9.37. The second-order valence-corrected chi connectivity index (χ2v) is 4.36. The summed E-state index contributed by atoms with van der Waals surface area (Å²) in [4.78, 5) is 0. The molecule has 2 rings (SSSR count). The van der Waals surface area contributed by atoms with Gasteiger partial charge in [0.1, 0.15) is 5.75 Å². The fourth-order valence-electron chi connectivity index (χ4n) is 1.64. The Balaban J connectivity index is -0.000000900. The predicted octanol–water partition coefficient (Wildman–Crippen LogP) is 0.782. The molecule has 27 heavy (non-hydrogen) atoms. The van der Waals surface area contributed by atoms with Crippen LogP contribution >= 0.6 is 0 Å². The number of benzene rings is 2. The molecule has 0 amide bonds. The summed E-state index contributed by atoms with van der Waals surface area (Å²) in [5, 5.41) is 37.9. The number of nitriles is 1. The van der Waals surface area contributed by atoms with E-state index in [1.54, 1.807) is 42.5 Å². The third-order valence-corrected chi connectivity index (χ3v) is 2.76. The minimum atomic E-state index is -0.565. The summed E-state index contributed by atoms with van der Waals surface area (Å²) in [5.74, 6) is -0.368. The number of ether oxygens (including phenoxy) is 1. The van der Waals surface area contributed by atoms with Crippen LogP contribution in [0.2, 0.25) is 0 Å². The SMILES string of the molecule is CC#N.COc1ccc(/C=N/N=C(\[O-])c2ccccc2N)c([O-])c1.[Mo].[O-2].[O-2]. The summed E-state index contributed by atoms with van der Waals surface area (Å²) in [5.41, 5.74) is 6.58. The van der Waals surface area contributed by atoms with E-state index in [0.717, 1.165) is 0 Å². The average molecular weight is 452 g/mol. The molecule has 0 unspecified atom stereocenters. The van der Waals surface area contributed by atoms with Crippen molar-refractivity contribution in [1.29, 1.82) is 5.26 Å². The maximum absolute atomic E-state index is 11.8. The molecule has 2 aromatic rings. The van der Waals surface area contributed by atoms with Gasteiger partial charge in [0.2, 0.25) is 0 Å². The first-order valence-corrected chi connectivity index (χ1v) is 6.82. The Morgan fingerprint density at radius 3 is 2.33 bits per heavy atom. The van der Waals surface area contributed by atoms with E-state index in [1.165, 1.54) is 26.3 Å². The van der Waals surface area contributed by atoms with Gasteiger partial charge in [-0.05, 0) is 23.8 Å². The van der Waals surface area contributed by atoms with Crippen LogP contribution in [0.15, 0.2) is 52.7 Å². The van der Waals surface area contributed by atoms with Crippen LogP contribution in [-0.4, -0.2) is 19.2 Å². The first-order chi connectivity index (χ1) is 11.5. The number of nitrogen functional groups attached to an aromatic ring is 1. The molecular formula is C17H16MoN4O5-6. The molecule has 0 spiro atoms. The van der Waals surface area contributed by atoms with E-state index in [0.29, 0.717) is 17.0 Å². The molecule has 0 heterocycles. The number of hydrogen-bond acceptors (Lipinski definition) is 7. The van der Waals surface area contributed by atoms with E-state index < -0.39 is 5.90 Å². The number of para-hydroxylation sites is 1. The molecule has 10 heteroatoms. The smallest absolute Gasteiger partial charge is 0.118 e. The van der Waals surface area contributed by atoms with Crippen molar-refractivity contribution in [3.63, 3.8) is 0 Å². The van der Waals surface area contributed by atoms with E-state index in [2.05, 4.69) is 10.2 Å². The summed E-state index contributed by atoms with van der Waals surface area (Å²) in [7, 11) is 1.47. The van der Waals surface area contributed by atoms with Gasteiger partial charge in [-0.1, -0.05) is 30.0 Å². The Kier molecular flexibility index (Phi) is 16.4. The van der Waals surface area contributed by atoms with E-state index in [9.17, 15) is 10.2 Å². The van der Waals surface area contributed by atoms with Gasteiger partial charge < -0.3 is 31.6 Å². The van der Waals surface area contributed by atoms with E-state index >= 15 is 0 Å². The van der Waals surface area contributed by atoms with Crippen LogP contribution < -0.4 is 20.7 Å². The Hall–Kier alpha value is -2.92. The van der Waals surface area contributed by atoms with Crippen LogP contribution in [0.3, 0.4) is 0 Å². The molecule has 0 atom stereocenters. The van der Waals surface area contributed by atoms with Crippen LogP contribution in [0.5, 0.6) is 11.5 Å². The van der Waals surface area contributed by atoms with Gasteiger partial charge in [0.15, 0.2) is 0 Å². The summed E-state index contributed by atoms with van der Waals surface area (Å²) in [6.45, 7) is 1.43. The zero-order chi connectivity index (χ0) is 17.9. The van der Waals surface area contributed by atoms with Crippen molar-refractivity contribution in [3.05, 3.63) is 53.6 Å². The quantitative estimate of drug-likeness (QED) is 0.236. The summed E-state index contributed by atoms with van der Waals surface area (Å²) < 4.78 is 4.93. The maximum Gasteiger partial charge on any atom is 0.118 e. The fourth-order valence-corrected chi connectivity index (χ4v) is 1.64. The molecule has 0 aliphatic heterocycles. The van der Waals surface area contributed by atoms with Gasteiger partial charge in [-0.15, -0.1) is 0 Å². The number of nitrogens with zero attached hydrogens (tertiary/aromatic N) is 3. The van der Waals surface area contributed by atoms with E-state index in [4.69, 9.17) is 15.7 Å². The third-order valence-electron chi connectivity index (χ3n) is 2.76. The summed E-state index contributed by atoms with van der Waals surface area (Å²) >= 11 is 0. The molecule has 0 bridgehead atoms. The van der Waals surface area contributed by atoms with E-state index in [1.807, 2.05) is 0 Å². The van der Waals surface area contributed by atoms with Gasteiger partial charge in [-0.25, -0.2) is 0 Å². The molecule has 2 N–H and O–H groups in total. The van der Waals surface area contributed by atoms with Gasteiger partial charge in [0, 0.05) is 45.1 Å². The number of nitrogens with two attached hydrogens (primary N) is 1. The van der Waals surface area contributed by atoms with Gasteiger partial charge in [-0.2, -0.15) is 15.5 Å². The monoisotopic (exact) mass is 454 g/mol. The number of rotatable bonds is 4. The minimum Gasteiger partial charge on any atom is -2.00 e. The van der Waals surface area contributed by atoms with Crippen molar-refractivity contribution in [2.24, 2.45) is 10.2 Å². The van der Waals surface area contributed by atoms with Gasteiger partial charge >= 0.3 is 0 Å². The molecule has 2 aromatic carbocycles. The minimum absolute atomic E-state index is 0. The van der Waals surface area contributed by atoms with Crippen LogP contribution in [-0.2, 0) is 32.0 Å². The standard InChI is InChI=1S/C15H15N3O3.C2H3N.Mo.2O/c1-21-11-7-6-10(14(19)8-11)9-17-18-15(20)12-4-2-3-5-13(12)16;1-2-3;;;/h2-9,19H,16H2,1H3,(H,18,20);1H3;;;/q;;;2*-2/p-2/b17-9+;;;;. The van der Waals surface area contributed by atoms with Gasteiger partial charge in [-0.3, -0.25) is 0 Å². The zero-order valence-electron chi connectivity index (χ0n) is 14.5. The molecule has 0 saturated heterocycles. The van der Waals surface area contributed by atoms with Crippen molar-refractivity contribution in [2.45, 2.75) is 6.92 Å². The predicted molar refractivity (Wildman–Crippen MR) is 90.1 cm³/mol. The molecule has 0 aliphatic carbocycles. The summed E-state index contributed by atoms with van der Waals surface area (Å²) in [6, 6.07) is 12.8. The topological polar surface area (TPSA) is 187 Å². The molecule has 0 fully saturated rings. The van der Waals surface area contributed by atoms with Crippen molar-refractivity contribution in [1.82, 2.24) is 0 Å². The Labute approximate surface area is 171 Å². The number of methoxy groups -OCH3 is 1. The summed E-state index contributed by atoms with van der Waals surface area (Å²) in [6.07, 6.45) is 1.22. The maximum atomic E-state index is 11.8. The molecular weight excluding hydrogens is 436 g/mol. The van der Waals surface area contributed by atoms with Gasteiger partial charge in [0.25, 0.3) is 0 Å². The largest absolute Gasteiger partial charge is 2.00 e. The van der Waals surface area contributed by atoms with Crippen molar-refractivity contribution in [2.75, 3.05) is 12.8 Å². The Bertz CT molecular complexity index is 791. The van der Waals surface area contributed by atoms with Crippen LogP contribution in [0.1, 0.15) is 18.1 Å². The molecule has 0 radical (unpaired) electrons. The molecule has 0 aliphatic rings. The second kappa shape index (κ2) is 15.3. The van der Waals surface area contributed by atoms with Crippen molar-refractivity contribution in [3.8, 4) is 17.6 Å². The molecule has 9 nitrogen and oxygen atoms in total.